The Morgan fingerprint density at radius 1 is 1.50 bits per heavy atom. The van der Waals surface area contributed by atoms with Crippen LogP contribution in [0.1, 0.15) is 23.6 Å². The lowest BCUT2D eigenvalue weighted by atomic mass is 10.1. The molecule has 0 fully saturated rings. The summed E-state index contributed by atoms with van der Waals surface area (Å²) in [7, 11) is 1.58. The smallest absolute Gasteiger partial charge is 0.282 e. The molecular weight excluding hydrogens is 240 g/mol. The number of hydrogen-bond acceptors (Lipinski definition) is 3. The average Bonchev–Trinajstić information content (AvgIpc) is 2.78. The lowest BCUT2D eigenvalue weighted by Crippen LogP contribution is -2.37. The summed E-state index contributed by atoms with van der Waals surface area (Å²) in [6.07, 6.45) is 1.67. The number of halogens is 2. The first-order valence-corrected chi connectivity index (χ1v) is 5.94. The Kier molecular flexibility index (Phi) is 3.82. The van der Waals surface area contributed by atoms with Gasteiger partial charge < -0.3 is 15.2 Å². The summed E-state index contributed by atoms with van der Waals surface area (Å²) in [4.78, 5) is 0. The Balaban J connectivity index is 2.06. The van der Waals surface area contributed by atoms with Crippen LogP contribution in [0, 0.1) is 0 Å². The van der Waals surface area contributed by atoms with Crippen molar-refractivity contribution in [2.75, 3.05) is 20.3 Å². The molecule has 1 aromatic rings. The van der Waals surface area contributed by atoms with Crippen molar-refractivity contribution in [2.24, 2.45) is 0 Å². The van der Waals surface area contributed by atoms with E-state index in [0.29, 0.717) is 0 Å². The van der Waals surface area contributed by atoms with E-state index in [1.807, 2.05) is 18.2 Å². The first-order valence-electron chi connectivity index (χ1n) is 5.94. The molecule has 1 aliphatic rings. The number of rotatable bonds is 5. The van der Waals surface area contributed by atoms with E-state index in [4.69, 9.17) is 9.84 Å². The summed E-state index contributed by atoms with van der Waals surface area (Å²) in [5.41, 5.74) is 2.18. The van der Waals surface area contributed by atoms with Gasteiger partial charge in [-0.3, -0.25) is 0 Å². The number of aryl methyl sites for hydroxylation is 1. The highest BCUT2D eigenvalue weighted by Crippen LogP contribution is 2.34. The molecule has 2 rings (SSSR count). The van der Waals surface area contributed by atoms with Crippen molar-refractivity contribution in [3.8, 4) is 5.75 Å². The van der Waals surface area contributed by atoms with Gasteiger partial charge in [0.1, 0.15) is 12.4 Å². The van der Waals surface area contributed by atoms with Gasteiger partial charge in [-0.05, 0) is 36.1 Å². The summed E-state index contributed by atoms with van der Waals surface area (Å²) in [6.45, 7) is -1.64. The van der Waals surface area contributed by atoms with Crippen LogP contribution >= 0.6 is 0 Å². The number of methoxy groups -OCH3 is 1. The highest BCUT2D eigenvalue weighted by atomic mass is 19.3. The van der Waals surface area contributed by atoms with Crippen LogP contribution in [0.3, 0.4) is 0 Å². The van der Waals surface area contributed by atoms with Gasteiger partial charge in [0, 0.05) is 6.04 Å². The minimum absolute atomic E-state index is 0.0903. The van der Waals surface area contributed by atoms with E-state index in [1.54, 1.807) is 7.11 Å². The molecule has 5 heteroatoms. The summed E-state index contributed by atoms with van der Waals surface area (Å²) in [5, 5.41) is 11.4. The number of hydrogen-bond donors (Lipinski definition) is 2. The topological polar surface area (TPSA) is 41.5 Å². The van der Waals surface area contributed by atoms with Gasteiger partial charge in [0.2, 0.25) is 0 Å². The molecule has 0 aromatic heterocycles. The lowest BCUT2D eigenvalue weighted by Gasteiger charge is -2.19. The van der Waals surface area contributed by atoms with Gasteiger partial charge in [-0.1, -0.05) is 6.07 Å². The Bertz CT molecular complexity index is 423. The fraction of sp³-hybridized carbons (Fsp3) is 0.538. The van der Waals surface area contributed by atoms with Crippen LogP contribution in [-0.2, 0) is 6.42 Å². The minimum Gasteiger partial charge on any atom is -0.497 e. The van der Waals surface area contributed by atoms with Crippen molar-refractivity contribution in [2.45, 2.75) is 24.8 Å². The number of alkyl halides is 2. The molecule has 3 nitrogen and oxygen atoms in total. The second-order valence-electron chi connectivity index (χ2n) is 4.55. The van der Waals surface area contributed by atoms with E-state index < -0.39 is 19.1 Å². The maximum Gasteiger partial charge on any atom is 0.282 e. The van der Waals surface area contributed by atoms with Gasteiger partial charge in [0.25, 0.3) is 5.92 Å². The molecule has 0 spiro atoms. The zero-order valence-corrected chi connectivity index (χ0v) is 10.2. The molecule has 0 radical (unpaired) electrons. The van der Waals surface area contributed by atoms with Crippen molar-refractivity contribution in [1.82, 2.24) is 5.32 Å². The third-order valence-electron chi connectivity index (χ3n) is 3.27. The molecular formula is C13H17F2NO2. The van der Waals surface area contributed by atoms with Gasteiger partial charge in [0.05, 0.1) is 13.7 Å². The summed E-state index contributed by atoms with van der Waals surface area (Å²) in [6, 6.07) is 5.65. The Morgan fingerprint density at radius 3 is 2.94 bits per heavy atom. The molecule has 0 saturated carbocycles. The third-order valence-corrected chi connectivity index (χ3v) is 3.27. The molecule has 0 amide bonds. The number of nitrogens with one attached hydrogen (secondary N) is 1. The molecule has 0 bridgehead atoms. The highest BCUT2D eigenvalue weighted by molar-refractivity contribution is 5.40. The number of aliphatic hydroxyl groups excluding tert-OH is 1. The van der Waals surface area contributed by atoms with Crippen LogP contribution in [0.4, 0.5) is 8.78 Å². The molecule has 18 heavy (non-hydrogen) atoms. The number of ether oxygens (including phenoxy) is 1. The summed E-state index contributed by atoms with van der Waals surface area (Å²) < 4.78 is 31.1. The van der Waals surface area contributed by atoms with Crippen LogP contribution in [0.5, 0.6) is 5.75 Å². The predicted octanol–water partition coefficient (Wildman–Crippen LogP) is 1.90. The predicted molar refractivity (Wildman–Crippen MR) is 64.1 cm³/mol. The number of aliphatic hydroxyl groups is 1. The monoisotopic (exact) mass is 257 g/mol. The van der Waals surface area contributed by atoms with Crippen LogP contribution in [-0.4, -0.2) is 31.3 Å². The van der Waals surface area contributed by atoms with Crippen LogP contribution in [0.15, 0.2) is 18.2 Å². The molecule has 1 aliphatic carbocycles. The van der Waals surface area contributed by atoms with Crippen molar-refractivity contribution < 1.29 is 18.6 Å². The van der Waals surface area contributed by atoms with Crippen LogP contribution < -0.4 is 10.1 Å². The zero-order valence-electron chi connectivity index (χ0n) is 10.2. The van der Waals surface area contributed by atoms with Crippen molar-refractivity contribution >= 4 is 0 Å². The van der Waals surface area contributed by atoms with E-state index in [0.717, 1.165) is 24.2 Å². The third kappa shape index (κ3) is 2.79. The molecule has 2 N–H and O–H groups in total. The first kappa shape index (κ1) is 13.2. The van der Waals surface area contributed by atoms with E-state index in [-0.39, 0.29) is 6.04 Å². The summed E-state index contributed by atoms with van der Waals surface area (Å²) >= 11 is 0. The maximum absolute atomic E-state index is 13.0. The Hall–Kier alpha value is -1.20. The molecule has 0 heterocycles. The van der Waals surface area contributed by atoms with Gasteiger partial charge >= 0.3 is 0 Å². The van der Waals surface area contributed by atoms with Gasteiger partial charge in [-0.15, -0.1) is 0 Å². The van der Waals surface area contributed by atoms with Crippen molar-refractivity contribution in [3.63, 3.8) is 0 Å². The fourth-order valence-corrected chi connectivity index (χ4v) is 2.25. The van der Waals surface area contributed by atoms with Gasteiger partial charge in [-0.25, -0.2) is 8.78 Å². The van der Waals surface area contributed by atoms with Crippen molar-refractivity contribution in [3.05, 3.63) is 29.3 Å². The number of benzene rings is 1. The first-order chi connectivity index (χ1) is 8.55. The van der Waals surface area contributed by atoms with Gasteiger partial charge in [-0.2, -0.15) is 0 Å². The van der Waals surface area contributed by atoms with E-state index in [9.17, 15) is 8.78 Å². The largest absolute Gasteiger partial charge is 0.497 e. The highest BCUT2D eigenvalue weighted by Gasteiger charge is 2.30. The second-order valence-corrected chi connectivity index (χ2v) is 4.55. The van der Waals surface area contributed by atoms with E-state index >= 15 is 0 Å². The molecule has 1 unspecified atom stereocenters. The van der Waals surface area contributed by atoms with Gasteiger partial charge in [0.15, 0.2) is 0 Å². The summed E-state index contributed by atoms with van der Waals surface area (Å²) in [5.74, 6) is -2.34. The fourth-order valence-electron chi connectivity index (χ4n) is 2.25. The van der Waals surface area contributed by atoms with E-state index in [2.05, 4.69) is 5.32 Å². The molecule has 1 atom stereocenters. The molecule has 0 saturated heterocycles. The normalized spacial score (nSPS) is 18.8. The SMILES string of the molecule is COc1ccc2c(c1)C(NCC(F)(F)CO)CC2. The lowest BCUT2D eigenvalue weighted by molar-refractivity contribution is -0.0493. The van der Waals surface area contributed by atoms with E-state index in [1.165, 1.54) is 5.56 Å². The van der Waals surface area contributed by atoms with Crippen molar-refractivity contribution in [1.29, 1.82) is 0 Å². The minimum atomic E-state index is -3.07. The molecule has 1 aromatic carbocycles. The average molecular weight is 257 g/mol. The number of fused-ring (bicyclic) bond motifs is 1. The van der Waals surface area contributed by atoms with Crippen LogP contribution in [0.2, 0.25) is 0 Å². The Morgan fingerprint density at radius 2 is 2.28 bits per heavy atom. The Labute approximate surface area is 105 Å². The molecule has 0 aliphatic heterocycles. The standard InChI is InChI=1S/C13H17F2NO2/c1-18-10-4-2-9-3-5-12(11(9)6-10)16-7-13(14,15)8-17/h2,4,6,12,16-17H,3,5,7-8H2,1H3. The molecule has 100 valence electrons. The second kappa shape index (κ2) is 5.20. The maximum atomic E-state index is 13.0. The zero-order chi connectivity index (χ0) is 13.2. The quantitative estimate of drug-likeness (QED) is 0.846. The van der Waals surface area contributed by atoms with Crippen LogP contribution in [0.25, 0.3) is 0 Å².